The van der Waals surface area contributed by atoms with Crippen molar-refractivity contribution < 1.29 is 14.6 Å². The van der Waals surface area contributed by atoms with E-state index in [2.05, 4.69) is 0 Å². The molecule has 0 aromatic rings. The molecule has 0 aliphatic heterocycles. The van der Waals surface area contributed by atoms with Crippen LogP contribution in [0.4, 0.5) is 0 Å². The molecule has 0 heterocycles. The topological polar surface area (TPSA) is 38.7 Å². The molecule has 1 unspecified atom stereocenters. The van der Waals surface area contributed by atoms with E-state index in [9.17, 15) is 0 Å². The molecule has 3 nitrogen and oxygen atoms in total. The van der Waals surface area contributed by atoms with Crippen molar-refractivity contribution in [1.82, 2.24) is 0 Å². The molecule has 11 heavy (non-hydrogen) atoms. The molecule has 1 aliphatic carbocycles. The van der Waals surface area contributed by atoms with Gasteiger partial charge in [0.1, 0.15) is 0 Å². The van der Waals surface area contributed by atoms with Gasteiger partial charge in [0.2, 0.25) is 0 Å². The first-order valence-corrected chi connectivity index (χ1v) is 3.97. The number of aliphatic hydroxyl groups is 1. The van der Waals surface area contributed by atoms with Crippen LogP contribution in [-0.2, 0) is 9.47 Å². The quantitative estimate of drug-likeness (QED) is 0.620. The summed E-state index contributed by atoms with van der Waals surface area (Å²) in [7, 11) is 3.31. The largest absolute Gasteiger partial charge is 0.396 e. The number of aliphatic hydroxyl groups excluding tert-OH is 1. The van der Waals surface area contributed by atoms with Crippen molar-refractivity contribution >= 4 is 0 Å². The molecule has 0 bridgehead atoms. The molecular weight excluding hydrogens is 144 g/mol. The van der Waals surface area contributed by atoms with Crippen molar-refractivity contribution in [3.8, 4) is 0 Å². The first-order chi connectivity index (χ1) is 5.26. The van der Waals surface area contributed by atoms with E-state index < -0.39 is 5.79 Å². The Balaban J connectivity index is 2.48. The van der Waals surface area contributed by atoms with Gasteiger partial charge in [-0.15, -0.1) is 0 Å². The van der Waals surface area contributed by atoms with E-state index in [1.54, 1.807) is 14.2 Å². The second kappa shape index (κ2) is 3.52. The zero-order chi connectivity index (χ0) is 8.32. The van der Waals surface area contributed by atoms with Crippen LogP contribution in [0.25, 0.3) is 0 Å². The van der Waals surface area contributed by atoms with Crippen LogP contribution in [0.15, 0.2) is 0 Å². The summed E-state index contributed by atoms with van der Waals surface area (Å²) in [6.45, 7) is 0.245. The molecule has 1 aliphatic rings. The van der Waals surface area contributed by atoms with Crippen LogP contribution in [-0.4, -0.2) is 31.7 Å². The molecule has 1 N–H and O–H groups in total. The zero-order valence-corrected chi connectivity index (χ0v) is 7.17. The van der Waals surface area contributed by atoms with Gasteiger partial charge in [-0.25, -0.2) is 0 Å². The monoisotopic (exact) mass is 160 g/mol. The molecule has 0 amide bonds. The number of ether oxygens (including phenoxy) is 2. The van der Waals surface area contributed by atoms with Crippen LogP contribution >= 0.6 is 0 Å². The second-order valence-corrected chi connectivity index (χ2v) is 3.11. The summed E-state index contributed by atoms with van der Waals surface area (Å²) < 4.78 is 10.5. The van der Waals surface area contributed by atoms with Crippen molar-refractivity contribution in [2.24, 2.45) is 5.92 Å². The van der Waals surface area contributed by atoms with E-state index in [1.165, 1.54) is 0 Å². The highest BCUT2D eigenvalue weighted by Gasteiger charge is 2.38. The van der Waals surface area contributed by atoms with Gasteiger partial charge >= 0.3 is 0 Å². The lowest BCUT2D eigenvalue weighted by atomic mass is 10.1. The summed E-state index contributed by atoms with van der Waals surface area (Å²) in [6, 6.07) is 0. The molecule has 1 rings (SSSR count). The van der Waals surface area contributed by atoms with Crippen LogP contribution in [0.3, 0.4) is 0 Å². The van der Waals surface area contributed by atoms with Crippen molar-refractivity contribution in [1.29, 1.82) is 0 Å². The van der Waals surface area contributed by atoms with Crippen LogP contribution in [0, 0.1) is 5.92 Å². The average molecular weight is 160 g/mol. The molecule has 3 heteroatoms. The standard InChI is InChI=1S/C8H16O3/c1-10-8(11-2)4-3-7(5-8)6-9/h7,9H,3-6H2,1-2H3. The third-order valence-corrected chi connectivity index (χ3v) is 2.54. The van der Waals surface area contributed by atoms with Crippen LogP contribution in [0.5, 0.6) is 0 Å². The van der Waals surface area contributed by atoms with Crippen molar-refractivity contribution in [2.45, 2.75) is 25.0 Å². The lowest BCUT2D eigenvalue weighted by molar-refractivity contribution is -0.203. The lowest BCUT2D eigenvalue weighted by Crippen LogP contribution is -2.30. The van der Waals surface area contributed by atoms with E-state index in [4.69, 9.17) is 14.6 Å². The smallest absolute Gasteiger partial charge is 0.167 e. The summed E-state index contributed by atoms with van der Waals surface area (Å²) in [5, 5.41) is 8.88. The third-order valence-electron chi connectivity index (χ3n) is 2.54. The molecule has 0 saturated heterocycles. The van der Waals surface area contributed by atoms with Crippen molar-refractivity contribution in [3.63, 3.8) is 0 Å². The first kappa shape index (κ1) is 8.97. The predicted molar refractivity (Wildman–Crippen MR) is 41.2 cm³/mol. The van der Waals surface area contributed by atoms with Crippen molar-refractivity contribution in [3.05, 3.63) is 0 Å². The fraction of sp³-hybridized carbons (Fsp3) is 1.00. The Hall–Kier alpha value is -0.120. The summed E-state index contributed by atoms with van der Waals surface area (Å²) in [5.41, 5.74) is 0. The van der Waals surface area contributed by atoms with E-state index in [1.807, 2.05) is 0 Å². The Kier molecular flexibility index (Phi) is 2.87. The van der Waals surface area contributed by atoms with Gasteiger partial charge in [0.05, 0.1) is 0 Å². The molecular formula is C8H16O3. The van der Waals surface area contributed by atoms with Gasteiger partial charge in [-0.1, -0.05) is 0 Å². The summed E-state index contributed by atoms with van der Waals surface area (Å²) in [5.74, 6) is -0.0529. The van der Waals surface area contributed by atoms with Gasteiger partial charge in [0.25, 0.3) is 0 Å². The second-order valence-electron chi connectivity index (χ2n) is 3.11. The summed E-state index contributed by atoms with van der Waals surface area (Å²) in [6.07, 6.45) is 2.71. The minimum Gasteiger partial charge on any atom is -0.396 e. The molecule has 1 saturated carbocycles. The highest BCUT2D eigenvalue weighted by Crippen LogP contribution is 2.37. The summed E-state index contributed by atoms with van der Waals surface area (Å²) >= 11 is 0. The van der Waals surface area contributed by atoms with E-state index in [-0.39, 0.29) is 6.61 Å². The van der Waals surface area contributed by atoms with E-state index in [0.29, 0.717) is 5.92 Å². The van der Waals surface area contributed by atoms with E-state index >= 15 is 0 Å². The fourth-order valence-corrected chi connectivity index (χ4v) is 1.68. The van der Waals surface area contributed by atoms with Crippen LogP contribution < -0.4 is 0 Å². The van der Waals surface area contributed by atoms with Crippen LogP contribution in [0.2, 0.25) is 0 Å². The highest BCUT2D eigenvalue weighted by molar-refractivity contribution is 4.82. The predicted octanol–water partition coefficient (Wildman–Crippen LogP) is 0.768. The number of hydrogen-bond donors (Lipinski definition) is 1. The summed E-state index contributed by atoms with van der Waals surface area (Å²) in [4.78, 5) is 0. The Morgan fingerprint density at radius 2 is 2.09 bits per heavy atom. The Morgan fingerprint density at radius 3 is 2.36 bits per heavy atom. The molecule has 1 fully saturated rings. The van der Waals surface area contributed by atoms with Gasteiger partial charge < -0.3 is 14.6 Å². The SMILES string of the molecule is COC1(OC)CCC(CO)C1. The fourth-order valence-electron chi connectivity index (χ4n) is 1.68. The Labute approximate surface area is 67.3 Å². The molecule has 0 spiro atoms. The minimum atomic E-state index is -0.409. The third kappa shape index (κ3) is 1.72. The minimum absolute atomic E-state index is 0.245. The number of rotatable bonds is 3. The van der Waals surface area contributed by atoms with Gasteiger partial charge in [0, 0.05) is 33.7 Å². The first-order valence-electron chi connectivity index (χ1n) is 3.97. The van der Waals surface area contributed by atoms with Gasteiger partial charge in [-0.05, 0) is 12.3 Å². The molecule has 0 aromatic carbocycles. The normalized spacial score (nSPS) is 29.2. The maximum atomic E-state index is 8.88. The molecule has 0 radical (unpaired) electrons. The molecule has 66 valence electrons. The molecule has 1 atom stereocenters. The Bertz CT molecular complexity index is 121. The highest BCUT2D eigenvalue weighted by atomic mass is 16.7. The maximum Gasteiger partial charge on any atom is 0.167 e. The number of methoxy groups -OCH3 is 2. The van der Waals surface area contributed by atoms with Gasteiger partial charge in [0.15, 0.2) is 5.79 Å². The van der Waals surface area contributed by atoms with Crippen LogP contribution in [0.1, 0.15) is 19.3 Å². The molecule has 0 aromatic heterocycles. The maximum absolute atomic E-state index is 8.88. The Morgan fingerprint density at radius 1 is 1.45 bits per heavy atom. The average Bonchev–Trinajstić information content (AvgIpc) is 2.49. The van der Waals surface area contributed by atoms with Gasteiger partial charge in [-0.3, -0.25) is 0 Å². The zero-order valence-electron chi connectivity index (χ0n) is 7.17. The van der Waals surface area contributed by atoms with Gasteiger partial charge in [-0.2, -0.15) is 0 Å². The van der Waals surface area contributed by atoms with E-state index in [0.717, 1.165) is 19.3 Å². The van der Waals surface area contributed by atoms with Crippen molar-refractivity contribution in [2.75, 3.05) is 20.8 Å². The lowest BCUT2D eigenvalue weighted by Gasteiger charge is -2.25. The number of hydrogen-bond acceptors (Lipinski definition) is 3.